The zero-order chi connectivity index (χ0) is 13.1. The topological polar surface area (TPSA) is 29.3 Å². The standard InChI is InChI=1S/C15H23ClN2/c1-11-7-12(2)10-18(9-11)15-4-3-14(16)8-13(15)5-6-17/h3-4,8,11-12H,5-7,9-10,17H2,1-2H3. The summed E-state index contributed by atoms with van der Waals surface area (Å²) in [5.74, 6) is 1.52. The molecule has 1 fully saturated rings. The van der Waals surface area contributed by atoms with E-state index >= 15 is 0 Å². The summed E-state index contributed by atoms with van der Waals surface area (Å²) in [5.41, 5.74) is 8.31. The largest absolute Gasteiger partial charge is 0.371 e. The Morgan fingerprint density at radius 3 is 2.56 bits per heavy atom. The lowest BCUT2D eigenvalue weighted by Gasteiger charge is -2.37. The van der Waals surface area contributed by atoms with Crippen molar-refractivity contribution in [3.05, 3.63) is 28.8 Å². The van der Waals surface area contributed by atoms with E-state index in [1.54, 1.807) is 0 Å². The number of piperidine rings is 1. The third kappa shape index (κ3) is 3.18. The number of hydrogen-bond acceptors (Lipinski definition) is 2. The molecule has 1 aromatic carbocycles. The van der Waals surface area contributed by atoms with Crippen LogP contribution in [0, 0.1) is 11.8 Å². The lowest BCUT2D eigenvalue weighted by molar-refractivity contribution is 0.356. The van der Waals surface area contributed by atoms with E-state index in [1.807, 2.05) is 6.07 Å². The molecule has 2 atom stereocenters. The van der Waals surface area contributed by atoms with E-state index in [-0.39, 0.29) is 0 Å². The number of anilines is 1. The molecule has 0 spiro atoms. The van der Waals surface area contributed by atoms with Crippen molar-refractivity contribution in [2.45, 2.75) is 26.7 Å². The highest BCUT2D eigenvalue weighted by molar-refractivity contribution is 6.30. The van der Waals surface area contributed by atoms with Gasteiger partial charge >= 0.3 is 0 Å². The molecule has 1 aliphatic heterocycles. The molecule has 1 aliphatic rings. The quantitative estimate of drug-likeness (QED) is 0.909. The van der Waals surface area contributed by atoms with Crippen LogP contribution in [0.5, 0.6) is 0 Å². The number of hydrogen-bond donors (Lipinski definition) is 1. The van der Waals surface area contributed by atoms with Gasteiger partial charge in [0.05, 0.1) is 0 Å². The Balaban J connectivity index is 2.25. The number of nitrogens with two attached hydrogens (primary N) is 1. The van der Waals surface area contributed by atoms with Crippen LogP contribution in [0.2, 0.25) is 5.02 Å². The highest BCUT2D eigenvalue weighted by atomic mass is 35.5. The van der Waals surface area contributed by atoms with E-state index in [1.165, 1.54) is 17.7 Å². The van der Waals surface area contributed by atoms with E-state index < -0.39 is 0 Å². The number of halogens is 1. The molecule has 100 valence electrons. The summed E-state index contributed by atoms with van der Waals surface area (Å²) in [5, 5.41) is 0.806. The fourth-order valence-corrected chi connectivity index (χ4v) is 3.27. The molecule has 0 saturated carbocycles. The molecule has 3 heteroatoms. The van der Waals surface area contributed by atoms with Crippen LogP contribution in [-0.2, 0) is 6.42 Å². The molecule has 0 bridgehead atoms. The number of benzene rings is 1. The average molecular weight is 267 g/mol. The second-order valence-electron chi connectivity index (χ2n) is 5.66. The molecule has 2 rings (SSSR count). The van der Waals surface area contributed by atoms with Crippen molar-refractivity contribution in [1.29, 1.82) is 0 Å². The highest BCUT2D eigenvalue weighted by Gasteiger charge is 2.23. The molecule has 0 aromatic heterocycles. The van der Waals surface area contributed by atoms with Crippen LogP contribution in [0.1, 0.15) is 25.8 Å². The maximum atomic E-state index is 6.09. The summed E-state index contributed by atoms with van der Waals surface area (Å²) in [7, 11) is 0. The van der Waals surface area contributed by atoms with Crippen LogP contribution < -0.4 is 10.6 Å². The molecule has 0 amide bonds. The predicted octanol–water partition coefficient (Wildman–Crippen LogP) is 3.32. The van der Waals surface area contributed by atoms with Gasteiger partial charge in [-0.2, -0.15) is 0 Å². The van der Waals surface area contributed by atoms with Crippen LogP contribution in [-0.4, -0.2) is 19.6 Å². The van der Waals surface area contributed by atoms with E-state index in [4.69, 9.17) is 17.3 Å². The molecule has 1 saturated heterocycles. The van der Waals surface area contributed by atoms with Gasteiger partial charge in [0.1, 0.15) is 0 Å². The fraction of sp³-hybridized carbons (Fsp3) is 0.600. The first-order valence-electron chi connectivity index (χ1n) is 6.83. The zero-order valence-electron chi connectivity index (χ0n) is 11.3. The van der Waals surface area contributed by atoms with Crippen molar-refractivity contribution in [2.75, 3.05) is 24.5 Å². The first kappa shape index (κ1) is 13.7. The lowest BCUT2D eigenvalue weighted by Crippen LogP contribution is -2.39. The normalized spacial score (nSPS) is 24.3. The van der Waals surface area contributed by atoms with E-state index in [9.17, 15) is 0 Å². The van der Waals surface area contributed by atoms with Crippen molar-refractivity contribution in [3.8, 4) is 0 Å². The summed E-state index contributed by atoms with van der Waals surface area (Å²) in [4.78, 5) is 2.50. The lowest BCUT2D eigenvalue weighted by atomic mass is 9.91. The second kappa shape index (κ2) is 5.94. The SMILES string of the molecule is CC1CC(C)CN(c2ccc(Cl)cc2CCN)C1. The van der Waals surface area contributed by atoms with Crippen LogP contribution >= 0.6 is 11.6 Å². The van der Waals surface area contributed by atoms with Crippen LogP contribution in [0.15, 0.2) is 18.2 Å². The second-order valence-corrected chi connectivity index (χ2v) is 6.10. The molecule has 18 heavy (non-hydrogen) atoms. The highest BCUT2D eigenvalue weighted by Crippen LogP contribution is 2.30. The van der Waals surface area contributed by atoms with Gasteiger partial charge in [0.15, 0.2) is 0 Å². The maximum absolute atomic E-state index is 6.09. The molecule has 0 aliphatic carbocycles. The van der Waals surface area contributed by atoms with E-state index in [0.29, 0.717) is 6.54 Å². The minimum absolute atomic E-state index is 0.673. The van der Waals surface area contributed by atoms with Gasteiger partial charge in [-0.15, -0.1) is 0 Å². The third-order valence-electron chi connectivity index (χ3n) is 3.66. The average Bonchev–Trinajstić information content (AvgIpc) is 2.28. The Labute approximate surface area is 115 Å². The number of nitrogens with zero attached hydrogens (tertiary/aromatic N) is 1. The van der Waals surface area contributed by atoms with Gasteiger partial charge in [-0.05, 0) is 55.0 Å². The van der Waals surface area contributed by atoms with Gasteiger partial charge < -0.3 is 10.6 Å². The molecule has 0 radical (unpaired) electrons. The zero-order valence-corrected chi connectivity index (χ0v) is 12.1. The van der Waals surface area contributed by atoms with Crippen molar-refractivity contribution in [2.24, 2.45) is 17.6 Å². The Hall–Kier alpha value is -0.730. The molecule has 1 heterocycles. The molecular formula is C15H23ClN2. The van der Waals surface area contributed by atoms with Crippen molar-refractivity contribution >= 4 is 17.3 Å². The minimum atomic E-state index is 0.673. The van der Waals surface area contributed by atoms with Gasteiger partial charge in [-0.1, -0.05) is 25.4 Å². The van der Waals surface area contributed by atoms with Crippen LogP contribution in [0.25, 0.3) is 0 Å². The molecule has 2 nitrogen and oxygen atoms in total. The van der Waals surface area contributed by atoms with Gasteiger partial charge in [0.25, 0.3) is 0 Å². The number of rotatable bonds is 3. The molecule has 2 N–H and O–H groups in total. The van der Waals surface area contributed by atoms with Gasteiger partial charge in [-0.25, -0.2) is 0 Å². The summed E-state index contributed by atoms with van der Waals surface area (Å²) in [6.07, 6.45) is 2.23. The summed E-state index contributed by atoms with van der Waals surface area (Å²) in [6, 6.07) is 6.20. The third-order valence-corrected chi connectivity index (χ3v) is 3.90. The Morgan fingerprint density at radius 2 is 1.94 bits per heavy atom. The Kier molecular flexibility index (Phi) is 4.52. The van der Waals surface area contributed by atoms with Gasteiger partial charge in [-0.3, -0.25) is 0 Å². The summed E-state index contributed by atoms with van der Waals surface area (Å²) in [6.45, 7) is 7.63. The Bertz CT molecular complexity index is 395. The molecular weight excluding hydrogens is 244 g/mol. The molecule has 1 aromatic rings. The van der Waals surface area contributed by atoms with Crippen molar-refractivity contribution in [1.82, 2.24) is 0 Å². The van der Waals surface area contributed by atoms with Crippen molar-refractivity contribution < 1.29 is 0 Å². The van der Waals surface area contributed by atoms with Gasteiger partial charge in [0, 0.05) is 23.8 Å². The minimum Gasteiger partial charge on any atom is -0.371 e. The van der Waals surface area contributed by atoms with Crippen molar-refractivity contribution in [3.63, 3.8) is 0 Å². The van der Waals surface area contributed by atoms with Crippen LogP contribution in [0.4, 0.5) is 5.69 Å². The van der Waals surface area contributed by atoms with E-state index in [0.717, 1.165) is 36.4 Å². The van der Waals surface area contributed by atoms with E-state index in [2.05, 4.69) is 30.9 Å². The first-order chi connectivity index (χ1) is 8.60. The molecule has 2 unspecified atom stereocenters. The van der Waals surface area contributed by atoms with Crippen LogP contribution in [0.3, 0.4) is 0 Å². The predicted molar refractivity (Wildman–Crippen MR) is 79.4 cm³/mol. The monoisotopic (exact) mass is 266 g/mol. The maximum Gasteiger partial charge on any atom is 0.0410 e. The summed E-state index contributed by atoms with van der Waals surface area (Å²) < 4.78 is 0. The fourth-order valence-electron chi connectivity index (χ4n) is 3.08. The van der Waals surface area contributed by atoms with Gasteiger partial charge in [0.2, 0.25) is 0 Å². The smallest absolute Gasteiger partial charge is 0.0410 e. The first-order valence-corrected chi connectivity index (χ1v) is 7.21. The summed E-state index contributed by atoms with van der Waals surface area (Å²) >= 11 is 6.09. The Morgan fingerprint density at radius 1 is 1.28 bits per heavy atom.